The summed E-state index contributed by atoms with van der Waals surface area (Å²) in [6.45, 7) is 3.59. The zero-order valence-electron chi connectivity index (χ0n) is 13.5. The number of hydrogen-bond donors (Lipinski definition) is 2. The number of carboxylic acid groups (broad SMARTS) is 1. The molecule has 7 heteroatoms. The highest BCUT2D eigenvalue weighted by Crippen LogP contribution is 2.28. The molecule has 0 aromatic carbocycles. The maximum absolute atomic E-state index is 10.9. The molecule has 1 aliphatic heterocycles. The highest BCUT2D eigenvalue weighted by atomic mass is 16.4. The van der Waals surface area contributed by atoms with E-state index in [4.69, 9.17) is 10.8 Å². The molecule has 2 heterocycles. The standard InChI is InChI=1S/C15H25N5O2/c1-10-8-13(18-15(16)17-10)20-7-6-12(19(2)3)11(9-20)4-5-14(21)22/h8,11-12H,4-7,9H2,1-3H3,(H,21,22)(H2,16,17,18)/t11-,12+/m0/s1. The van der Waals surface area contributed by atoms with Crippen molar-refractivity contribution in [3.63, 3.8) is 0 Å². The number of rotatable bonds is 5. The van der Waals surface area contributed by atoms with E-state index in [-0.39, 0.29) is 12.4 Å². The average molecular weight is 307 g/mol. The van der Waals surface area contributed by atoms with Crippen LogP contribution in [0.2, 0.25) is 0 Å². The third kappa shape index (κ3) is 4.07. The Balaban J connectivity index is 2.13. The van der Waals surface area contributed by atoms with Crippen LogP contribution in [-0.2, 0) is 4.79 Å². The molecule has 122 valence electrons. The fraction of sp³-hybridized carbons (Fsp3) is 0.667. The van der Waals surface area contributed by atoms with Gasteiger partial charge in [-0.3, -0.25) is 4.79 Å². The smallest absolute Gasteiger partial charge is 0.303 e. The topological polar surface area (TPSA) is 95.6 Å². The van der Waals surface area contributed by atoms with E-state index in [1.54, 1.807) is 0 Å². The molecule has 0 unspecified atom stereocenters. The molecule has 3 N–H and O–H groups in total. The predicted octanol–water partition coefficient (Wildman–Crippen LogP) is 0.989. The Morgan fingerprint density at radius 3 is 2.82 bits per heavy atom. The van der Waals surface area contributed by atoms with Gasteiger partial charge >= 0.3 is 5.97 Å². The molecule has 2 rings (SSSR count). The Kier molecular flexibility index (Phi) is 5.18. The fourth-order valence-electron chi connectivity index (χ4n) is 3.24. The van der Waals surface area contributed by atoms with Gasteiger partial charge in [-0.15, -0.1) is 0 Å². The quantitative estimate of drug-likeness (QED) is 0.837. The van der Waals surface area contributed by atoms with E-state index in [0.717, 1.165) is 31.0 Å². The van der Waals surface area contributed by atoms with E-state index in [1.807, 2.05) is 13.0 Å². The molecule has 1 aliphatic rings. The molecule has 7 nitrogen and oxygen atoms in total. The summed E-state index contributed by atoms with van der Waals surface area (Å²) in [6, 6.07) is 2.33. The molecule has 0 radical (unpaired) electrons. The molecule has 1 aromatic heterocycles. The van der Waals surface area contributed by atoms with Crippen molar-refractivity contribution in [2.45, 2.75) is 32.2 Å². The summed E-state index contributed by atoms with van der Waals surface area (Å²) in [6.07, 6.45) is 1.86. The van der Waals surface area contributed by atoms with E-state index in [1.165, 1.54) is 0 Å². The lowest BCUT2D eigenvalue weighted by Crippen LogP contribution is -2.49. The second kappa shape index (κ2) is 6.91. The minimum absolute atomic E-state index is 0.202. The number of nitrogens with zero attached hydrogens (tertiary/aromatic N) is 4. The highest BCUT2D eigenvalue weighted by molar-refractivity contribution is 5.66. The van der Waals surface area contributed by atoms with Crippen molar-refractivity contribution in [2.24, 2.45) is 5.92 Å². The molecule has 0 spiro atoms. The highest BCUT2D eigenvalue weighted by Gasteiger charge is 2.31. The predicted molar refractivity (Wildman–Crippen MR) is 85.8 cm³/mol. The van der Waals surface area contributed by atoms with Crippen molar-refractivity contribution in [2.75, 3.05) is 37.8 Å². The SMILES string of the molecule is Cc1cc(N2CC[C@@H](N(C)C)[C@@H](CCC(=O)O)C2)nc(N)n1. The zero-order chi connectivity index (χ0) is 16.3. The van der Waals surface area contributed by atoms with E-state index in [2.05, 4.69) is 33.9 Å². The van der Waals surface area contributed by atoms with Crippen LogP contribution in [0.3, 0.4) is 0 Å². The summed E-state index contributed by atoms with van der Waals surface area (Å²) in [5, 5.41) is 8.96. The number of nitrogen functional groups attached to an aromatic ring is 1. The van der Waals surface area contributed by atoms with Gasteiger partial charge in [0.15, 0.2) is 0 Å². The van der Waals surface area contributed by atoms with E-state index >= 15 is 0 Å². The van der Waals surface area contributed by atoms with Crippen molar-refractivity contribution >= 4 is 17.7 Å². The summed E-state index contributed by atoms with van der Waals surface area (Å²) in [4.78, 5) is 23.7. The summed E-state index contributed by atoms with van der Waals surface area (Å²) in [5.41, 5.74) is 6.59. The number of carbonyl (C=O) groups is 1. The summed E-state index contributed by atoms with van der Waals surface area (Å²) >= 11 is 0. The first kappa shape index (κ1) is 16.5. The van der Waals surface area contributed by atoms with E-state index in [0.29, 0.717) is 18.4 Å². The number of piperidine rings is 1. The zero-order valence-corrected chi connectivity index (χ0v) is 13.5. The van der Waals surface area contributed by atoms with Gasteiger partial charge in [0.25, 0.3) is 0 Å². The van der Waals surface area contributed by atoms with Crippen LogP contribution < -0.4 is 10.6 Å². The molecule has 0 bridgehead atoms. The maximum atomic E-state index is 10.9. The Morgan fingerprint density at radius 1 is 1.50 bits per heavy atom. The normalized spacial score (nSPS) is 22.1. The molecule has 0 saturated carbocycles. The van der Waals surface area contributed by atoms with Crippen molar-refractivity contribution < 1.29 is 9.90 Å². The summed E-state index contributed by atoms with van der Waals surface area (Å²) < 4.78 is 0. The molecule has 0 amide bonds. The third-order valence-corrected chi connectivity index (χ3v) is 4.27. The molecule has 0 aliphatic carbocycles. The number of aromatic nitrogens is 2. The van der Waals surface area contributed by atoms with Crippen molar-refractivity contribution in [3.8, 4) is 0 Å². The lowest BCUT2D eigenvalue weighted by Gasteiger charge is -2.42. The first-order valence-corrected chi connectivity index (χ1v) is 7.61. The number of carboxylic acids is 1. The van der Waals surface area contributed by atoms with Crippen LogP contribution in [0.15, 0.2) is 6.07 Å². The Morgan fingerprint density at radius 2 is 2.23 bits per heavy atom. The summed E-state index contributed by atoms with van der Waals surface area (Å²) in [7, 11) is 4.11. The van der Waals surface area contributed by atoms with E-state index < -0.39 is 5.97 Å². The van der Waals surface area contributed by atoms with Gasteiger partial charge < -0.3 is 20.6 Å². The fourth-order valence-corrected chi connectivity index (χ4v) is 3.24. The average Bonchev–Trinajstić information content (AvgIpc) is 2.43. The van der Waals surface area contributed by atoms with Crippen LogP contribution in [0.25, 0.3) is 0 Å². The second-order valence-corrected chi connectivity index (χ2v) is 6.18. The first-order chi connectivity index (χ1) is 10.4. The number of aliphatic carboxylic acids is 1. The van der Waals surface area contributed by atoms with Crippen LogP contribution in [0.1, 0.15) is 25.0 Å². The minimum Gasteiger partial charge on any atom is -0.481 e. The Hall–Kier alpha value is -1.89. The number of anilines is 2. The number of nitrogens with two attached hydrogens (primary N) is 1. The molecule has 1 saturated heterocycles. The van der Waals surface area contributed by atoms with Gasteiger partial charge in [0.2, 0.25) is 5.95 Å². The minimum atomic E-state index is -0.739. The van der Waals surface area contributed by atoms with Crippen LogP contribution in [0.4, 0.5) is 11.8 Å². The monoisotopic (exact) mass is 307 g/mol. The van der Waals surface area contributed by atoms with Gasteiger partial charge in [-0.05, 0) is 39.8 Å². The van der Waals surface area contributed by atoms with Crippen LogP contribution in [0, 0.1) is 12.8 Å². The van der Waals surface area contributed by atoms with Gasteiger partial charge in [-0.25, -0.2) is 4.98 Å². The van der Waals surface area contributed by atoms with Gasteiger partial charge in [0, 0.05) is 37.3 Å². The molecule has 1 aromatic rings. The first-order valence-electron chi connectivity index (χ1n) is 7.61. The van der Waals surface area contributed by atoms with Gasteiger partial charge in [0.05, 0.1) is 0 Å². The van der Waals surface area contributed by atoms with Crippen LogP contribution in [-0.4, -0.2) is 59.2 Å². The largest absolute Gasteiger partial charge is 0.481 e. The van der Waals surface area contributed by atoms with Crippen LogP contribution in [0.5, 0.6) is 0 Å². The van der Waals surface area contributed by atoms with Gasteiger partial charge in [-0.1, -0.05) is 0 Å². The van der Waals surface area contributed by atoms with Gasteiger partial charge in [0.1, 0.15) is 5.82 Å². The number of aryl methyl sites for hydroxylation is 1. The molecule has 2 atom stereocenters. The summed E-state index contributed by atoms with van der Waals surface area (Å²) in [5.74, 6) is 0.683. The molecular formula is C15H25N5O2. The van der Waals surface area contributed by atoms with Gasteiger partial charge in [-0.2, -0.15) is 4.98 Å². The Bertz CT molecular complexity index is 514. The number of hydrogen-bond acceptors (Lipinski definition) is 6. The maximum Gasteiger partial charge on any atom is 0.303 e. The van der Waals surface area contributed by atoms with Crippen LogP contribution >= 0.6 is 0 Å². The third-order valence-electron chi connectivity index (χ3n) is 4.27. The Labute approximate surface area is 131 Å². The molecular weight excluding hydrogens is 282 g/mol. The van der Waals surface area contributed by atoms with Crippen molar-refractivity contribution in [3.05, 3.63) is 11.8 Å². The molecule has 1 fully saturated rings. The lowest BCUT2D eigenvalue weighted by atomic mass is 9.87. The van der Waals surface area contributed by atoms with E-state index in [9.17, 15) is 4.79 Å². The lowest BCUT2D eigenvalue weighted by molar-refractivity contribution is -0.137. The molecule has 22 heavy (non-hydrogen) atoms. The second-order valence-electron chi connectivity index (χ2n) is 6.18. The van der Waals surface area contributed by atoms with Crippen molar-refractivity contribution in [1.29, 1.82) is 0 Å². The van der Waals surface area contributed by atoms with Crippen molar-refractivity contribution in [1.82, 2.24) is 14.9 Å².